The van der Waals surface area contributed by atoms with Gasteiger partial charge in [-0.05, 0) is 13.3 Å². The zero-order valence-electron chi connectivity index (χ0n) is 9.57. The van der Waals surface area contributed by atoms with E-state index in [1.807, 2.05) is 0 Å². The third kappa shape index (κ3) is 7.32. The standard InChI is InChI=1S/C12H17O3P/c1-5-7-8-10-15-16(13,11-12(3)4)14-9-6-2/h1-2H,3,7-11H2,4H3. The number of hydrogen-bond acceptors (Lipinski definition) is 3. The topological polar surface area (TPSA) is 35.5 Å². The van der Waals surface area contributed by atoms with E-state index in [9.17, 15) is 4.57 Å². The van der Waals surface area contributed by atoms with Crippen LogP contribution in [0.25, 0.3) is 0 Å². The molecule has 3 nitrogen and oxygen atoms in total. The fourth-order valence-electron chi connectivity index (χ4n) is 0.973. The average Bonchev–Trinajstić information content (AvgIpc) is 2.21. The lowest BCUT2D eigenvalue weighted by Crippen LogP contribution is -2.02. The van der Waals surface area contributed by atoms with Crippen molar-refractivity contribution in [1.29, 1.82) is 0 Å². The molecule has 0 heterocycles. The Labute approximate surface area is 97.8 Å². The Bertz CT molecular complexity index is 346. The molecule has 0 radical (unpaired) electrons. The van der Waals surface area contributed by atoms with Gasteiger partial charge in [0, 0.05) is 6.42 Å². The van der Waals surface area contributed by atoms with E-state index in [-0.39, 0.29) is 12.8 Å². The van der Waals surface area contributed by atoms with Crippen LogP contribution in [0.15, 0.2) is 12.2 Å². The van der Waals surface area contributed by atoms with Crippen molar-refractivity contribution in [3.8, 4) is 24.7 Å². The fraction of sp³-hybridized carbons (Fsp3) is 0.500. The molecule has 0 aliphatic heterocycles. The molecule has 0 aliphatic carbocycles. The maximum absolute atomic E-state index is 12.1. The van der Waals surface area contributed by atoms with Gasteiger partial charge in [0.25, 0.3) is 0 Å². The summed E-state index contributed by atoms with van der Waals surface area (Å²) in [6.45, 7) is 5.71. The highest BCUT2D eigenvalue weighted by Crippen LogP contribution is 2.49. The summed E-state index contributed by atoms with van der Waals surface area (Å²) in [5.74, 6) is 4.74. The van der Waals surface area contributed by atoms with Crippen LogP contribution in [0, 0.1) is 24.7 Å². The molecule has 0 N–H and O–H groups in total. The van der Waals surface area contributed by atoms with E-state index in [4.69, 9.17) is 21.9 Å². The summed E-state index contributed by atoms with van der Waals surface area (Å²) < 4.78 is 22.4. The van der Waals surface area contributed by atoms with Gasteiger partial charge in [-0.15, -0.1) is 18.8 Å². The van der Waals surface area contributed by atoms with Gasteiger partial charge in [0.05, 0.1) is 12.8 Å². The third-order valence-electron chi connectivity index (χ3n) is 1.56. The number of terminal acetylenes is 2. The van der Waals surface area contributed by atoms with Crippen LogP contribution in [0.3, 0.4) is 0 Å². The van der Waals surface area contributed by atoms with Crippen molar-refractivity contribution in [1.82, 2.24) is 0 Å². The summed E-state index contributed by atoms with van der Waals surface area (Å²) in [5.41, 5.74) is 0.734. The van der Waals surface area contributed by atoms with E-state index in [2.05, 4.69) is 18.4 Å². The van der Waals surface area contributed by atoms with Crippen LogP contribution in [0.4, 0.5) is 0 Å². The molecule has 1 unspecified atom stereocenters. The van der Waals surface area contributed by atoms with Crippen LogP contribution >= 0.6 is 7.60 Å². The molecular formula is C12H17O3P. The van der Waals surface area contributed by atoms with Crippen LogP contribution in [-0.2, 0) is 13.6 Å². The molecule has 0 aliphatic rings. The van der Waals surface area contributed by atoms with E-state index in [0.29, 0.717) is 19.4 Å². The second kappa shape index (κ2) is 8.20. The second-order valence-electron chi connectivity index (χ2n) is 3.34. The van der Waals surface area contributed by atoms with Gasteiger partial charge in [0.1, 0.15) is 6.61 Å². The van der Waals surface area contributed by atoms with Crippen molar-refractivity contribution in [2.24, 2.45) is 0 Å². The molecule has 1 atom stereocenters. The fourth-order valence-corrected chi connectivity index (χ4v) is 2.57. The number of hydrogen-bond donors (Lipinski definition) is 0. The molecule has 16 heavy (non-hydrogen) atoms. The first-order chi connectivity index (χ1) is 7.54. The molecule has 88 valence electrons. The van der Waals surface area contributed by atoms with E-state index in [0.717, 1.165) is 5.57 Å². The predicted molar refractivity (Wildman–Crippen MR) is 66.1 cm³/mol. The minimum atomic E-state index is -3.14. The first-order valence-electron chi connectivity index (χ1n) is 4.93. The number of rotatable bonds is 8. The van der Waals surface area contributed by atoms with Crippen LogP contribution < -0.4 is 0 Å². The molecule has 0 saturated carbocycles. The van der Waals surface area contributed by atoms with Gasteiger partial charge in [-0.1, -0.05) is 18.1 Å². The maximum atomic E-state index is 12.1. The van der Waals surface area contributed by atoms with Gasteiger partial charge in [0.15, 0.2) is 0 Å². The first-order valence-corrected chi connectivity index (χ1v) is 6.66. The number of allylic oxidation sites excluding steroid dienone is 1. The molecule has 0 amide bonds. The highest BCUT2D eigenvalue weighted by atomic mass is 31.2. The molecule has 0 fully saturated rings. The minimum Gasteiger partial charge on any atom is -0.308 e. The Morgan fingerprint density at radius 3 is 2.56 bits per heavy atom. The molecule has 4 heteroatoms. The van der Waals surface area contributed by atoms with Crippen LogP contribution in [-0.4, -0.2) is 19.4 Å². The molecule has 0 spiro atoms. The second-order valence-corrected chi connectivity index (χ2v) is 5.40. The van der Waals surface area contributed by atoms with Crippen molar-refractivity contribution in [3.63, 3.8) is 0 Å². The lowest BCUT2D eigenvalue weighted by atomic mass is 10.3. The van der Waals surface area contributed by atoms with E-state index in [1.165, 1.54) is 0 Å². The van der Waals surface area contributed by atoms with Gasteiger partial charge in [0.2, 0.25) is 0 Å². The molecular weight excluding hydrogens is 223 g/mol. The number of unbranched alkanes of at least 4 members (excludes halogenated alkanes) is 1. The van der Waals surface area contributed by atoms with Crippen molar-refractivity contribution in [2.75, 3.05) is 19.4 Å². The van der Waals surface area contributed by atoms with Crippen molar-refractivity contribution in [3.05, 3.63) is 12.2 Å². The zero-order valence-corrected chi connectivity index (χ0v) is 10.5. The quantitative estimate of drug-likeness (QED) is 0.283. The Morgan fingerprint density at radius 1 is 1.38 bits per heavy atom. The van der Waals surface area contributed by atoms with Gasteiger partial charge >= 0.3 is 7.60 Å². The summed E-state index contributed by atoms with van der Waals surface area (Å²) in [6.07, 6.45) is 11.6. The van der Waals surface area contributed by atoms with Crippen LogP contribution in [0.1, 0.15) is 19.8 Å². The van der Waals surface area contributed by atoms with Crippen LogP contribution in [0.2, 0.25) is 0 Å². The van der Waals surface area contributed by atoms with Crippen molar-refractivity contribution >= 4 is 7.60 Å². The molecule has 0 aromatic carbocycles. The normalized spacial score (nSPS) is 13.4. The Morgan fingerprint density at radius 2 is 2.06 bits per heavy atom. The van der Waals surface area contributed by atoms with Gasteiger partial charge in [-0.25, -0.2) is 0 Å². The maximum Gasteiger partial charge on any atom is 0.335 e. The summed E-state index contributed by atoms with van der Waals surface area (Å²) in [7, 11) is -3.14. The molecule has 0 rings (SSSR count). The lowest BCUT2D eigenvalue weighted by Gasteiger charge is -2.17. The van der Waals surface area contributed by atoms with Gasteiger partial charge < -0.3 is 4.52 Å². The zero-order chi connectivity index (χ0) is 12.4. The Kier molecular flexibility index (Phi) is 7.69. The first kappa shape index (κ1) is 15.0. The van der Waals surface area contributed by atoms with E-state index in [1.54, 1.807) is 6.92 Å². The largest absolute Gasteiger partial charge is 0.335 e. The predicted octanol–water partition coefficient (Wildman–Crippen LogP) is 2.84. The summed E-state index contributed by atoms with van der Waals surface area (Å²) in [6, 6.07) is 0. The van der Waals surface area contributed by atoms with E-state index >= 15 is 0 Å². The molecule has 0 bridgehead atoms. The van der Waals surface area contributed by atoms with Crippen molar-refractivity contribution < 1.29 is 13.6 Å². The highest BCUT2D eigenvalue weighted by molar-refractivity contribution is 7.54. The summed E-state index contributed by atoms with van der Waals surface area (Å²) in [4.78, 5) is 0. The highest BCUT2D eigenvalue weighted by Gasteiger charge is 2.23. The van der Waals surface area contributed by atoms with Crippen LogP contribution in [0.5, 0.6) is 0 Å². The smallest absolute Gasteiger partial charge is 0.308 e. The lowest BCUT2D eigenvalue weighted by molar-refractivity contribution is 0.221. The van der Waals surface area contributed by atoms with Gasteiger partial charge in [-0.2, -0.15) is 0 Å². The molecule has 0 aromatic heterocycles. The molecule has 0 saturated heterocycles. The monoisotopic (exact) mass is 240 g/mol. The Balaban J connectivity index is 4.21. The van der Waals surface area contributed by atoms with Crippen molar-refractivity contribution in [2.45, 2.75) is 19.8 Å². The minimum absolute atomic E-state index is 0.0281. The van der Waals surface area contributed by atoms with E-state index < -0.39 is 7.60 Å². The molecule has 0 aromatic rings. The van der Waals surface area contributed by atoms with Gasteiger partial charge in [-0.3, -0.25) is 9.09 Å². The summed E-state index contributed by atoms with van der Waals surface area (Å²) in [5, 5.41) is 0. The SMILES string of the molecule is C#CCCCOP(=O)(CC(=C)C)OCC#C. The third-order valence-corrected chi connectivity index (χ3v) is 3.59. The average molecular weight is 240 g/mol. The summed E-state index contributed by atoms with van der Waals surface area (Å²) >= 11 is 0. The Hall–Kier alpha value is -0.990.